The van der Waals surface area contributed by atoms with E-state index in [1.54, 1.807) is 24.3 Å². The van der Waals surface area contributed by atoms with Gasteiger partial charge in [-0.25, -0.2) is 9.97 Å². The molecule has 146 valence electrons. The van der Waals surface area contributed by atoms with Crippen LogP contribution in [0.15, 0.2) is 60.9 Å². The summed E-state index contributed by atoms with van der Waals surface area (Å²) in [5.41, 5.74) is 0.367. The number of hydrogen-bond donors (Lipinski definition) is 1. The van der Waals surface area contributed by atoms with Crippen LogP contribution in [-0.2, 0) is 12.7 Å². The Hall–Kier alpha value is -3.75. The highest BCUT2D eigenvalue weighted by atomic mass is 19.4. The van der Waals surface area contributed by atoms with Crippen LogP contribution in [0.3, 0.4) is 0 Å². The number of fused-ring (bicyclic) bond motifs is 1. The summed E-state index contributed by atoms with van der Waals surface area (Å²) in [5, 5.41) is 2.61. The number of aromatic nitrogens is 2. The minimum absolute atomic E-state index is 0.0646. The highest BCUT2D eigenvalue weighted by Gasteiger charge is 2.34. The van der Waals surface area contributed by atoms with E-state index in [4.69, 9.17) is 0 Å². The molecule has 1 aliphatic heterocycles. The van der Waals surface area contributed by atoms with Gasteiger partial charge in [0.05, 0.1) is 23.4 Å². The van der Waals surface area contributed by atoms with Gasteiger partial charge >= 0.3 is 6.18 Å². The predicted molar refractivity (Wildman–Crippen MR) is 98.4 cm³/mol. The first-order valence-electron chi connectivity index (χ1n) is 8.54. The summed E-state index contributed by atoms with van der Waals surface area (Å²) in [4.78, 5) is 34.3. The standard InChI is InChI=1S/C20H13F3N4O2/c21-20(22,23)13-5-2-6-14(10-13)27-11-12-4-1-7-15(16(12)19(27)29)26-18(28)17-24-8-3-9-25-17/h1-10H,11H2,(H,26,28). The number of nitrogens with zero attached hydrogens (tertiary/aromatic N) is 3. The van der Waals surface area contributed by atoms with E-state index in [1.165, 1.54) is 29.4 Å². The zero-order valence-corrected chi connectivity index (χ0v) is 14.8. The summed E-state index contributed by atoms with van der Waals surface area (Å²) in [6, 6.07) is 11.0. The van der Waals surface area contributed by atoms with Crippen molar-refractivity contribution in [2.24, 2.45) is 0 Å². The van der Waals surface area contributed by atoms with Gasteiger partial charge in [0.15, 0.2) is 0 Å². The average Bonchev–Trinajstić information content (AvgIpc) is 3.06. The molecule has 0 saturated carbocycles. The third-order valence-electron chi connectivity index (χ3n) is 4.44. The van der Waals surface area contributed by atoms with Gasteiger partial charge in [-0.2, -0.15) is 13.2 Å². The second kappa shape index (κ2) is 7.01. The molecule has 2 aromatic carbocycles. The van der Waals surface area contributed by atoms with E-state index in [2.05, 4.69) is 15.3 Å². The fraction of sp³-hybridized carbons (Fsp3) is 0.100. The molecular weight excluding hydrogens is 385 g/mol. The lowest BCUT2D eigenvalue weighted by atomic mass is 10.1. The first-order chi connectivity index (χ1) is 13.8. The molecule has 0 unspecified atom stereocenters. The molecule has 0 radical (unpaired) electrons. The van der Waals surface area contributed by atoms with E-state index >= 15 is 0 Å². The maximum atomic E-state index is 13.0. The molecule has 29 heavy (non-hydrogen) atoms. The van der Waals surface area contributed by atoms with E-state index in [1.807, 2.05) is 0 Å². The average molecular weight is 398 g/mol. The second-order valence-electron chi connectivity index (χ2n) is 6.31. The van der Waals surface area contributed by atoms with Crippen molar-refractivity contribution in [3.63, 3.8) is 0 Å². The summed E-state index contributed by atoms with van der Waals surface area (Å²) >= 11 is 0. The Kier molecular flexibility index (Phi) is 4.50. The van der Waals surface area contributed by atoms with Gasteiger partial charge in [0, 0.05) is 18.1 Å². The minimum atomic E-state index is -4.51. The van der Waals surface area contributed by atoms with Crippen LogP contribution in [0.2, 0.25) is 0 Å². The van der Waals surface area contributed by atoms with Crippen LogP contribution in [0.25, 0.3) is 0 Å². The molecule has 6 nitrogen and oxygen atoms in total. The van der Waals surface area contributed by atoms with Crippen LogP contribution < -0.4 is 10.2 Å². The molecule has 1 aromatic heterocycles. The van der Waals surface area contributed by atoms with Gasteiger partial charge in [0.25, 0.3) is 11.8 Å². The summed E-state index contributed by atoms with van der Waals surface area (Å²) < 4.78 is 39.1. The van der Waals surface area contributed by atoms with Gasteiger partial charge in [-0.15, -0.1) is 0 Å². The van der Waals surface area contributed by atoms with Crippen LogP contribution in [0.5, 0.6) is 0 Å². The van der Waals surface area contributed by atoms with Gasteiger partial charge in [-0.05, 0) is 35.9 Å². The van der Waals surface area contributed by atoms with Crippen molar-refractivity contribution in [3.8, 4) is 0 Å². The van der Waals surface area contributed by atoms with Crippen molar-refractivity contribution in [1.82, 2.24) is 9.97 Å². The Bertz CT molecular complexity index is 1100. The Balaban J connectivity index is 1.65. The maximum Gasteiger partial charge on any atom is 0.416 e. The lowest BCUT2D eigenvalue weighted by Crippen LogP contribution is -2.24. The van der Waals surface area contributed by atoms with Crippen molar-refractivity contribution in [2.75, 3.05) is 10.2 Å². The topological polar surface area (TPSA) is 75.2 Å². The second-order valence-corrected chi connectivity index (χ2v) is 6.31. The number of alkyl halides is 3. The van der Waals surface area contributed by atoms with Crippen LogP contribution >= 0.6 is 0 Å². The first kappa shape index (κ1) is 18.6. The van der Waals surface area contributed by atoms with E-state index in [-0.39, 0.29) is 29.3 Å². The number of nitrogens with one attached hydrogen (secondary N) is 1. The molecule has 3 aromatic rings. The third-order valence-corrected chi connectivity index (χ3v) is 4.44. The van der Waals surface area contributed by atoms with Gasteiger partial charge in [0.1, 0.15) is 0 Å². The fourth-order valence-corrected chi connectivity index (χ4v) is 3.12. The Morgan fingerprint density at radius 1 is 1.03 bits per heavy atom. The summed E-state index contributed by atoms with van der Waals surface area (Å²) in [5.74, 6) is -1.15. The number of hydrogen-bond acceptors (Lipinski definition) is 4. The number of halogens is 3. The van der Waals surface area contributed by atoms with Gasteiger partial charge in [-0.3, -0.25) is 9.59 Å². The molecule has 0 saturated heterocycles. The molecule has 2 amide bonds. The number of rotatable bonds is 3. The largest absolute Gasteiger partial charge is 0.416 e. The quantitative estimate of drug-likeness (QED) is 0.726. The van der Waals surface area contributed by atoms with Crippen molar-refractivity contribution in [2.45, 2.75) is 12.7 Å². The Morgan fingerprint density at radius 3 is 2.48 bits per heavy atom. The van der Waals surface area contributed by atoms with E-state index in [9.17, 15) is 22.8 Å². The van der Waals surface area contributed by atoms with Gasteiger partial charge < -0.3 is 10.2 Å². The summed E-state index contributed by atoms with van der Waals surface area (Å²) in [6.07, 6.45) is -1.68. The highest BCUT2D eigenvalue weighted by molar-refractivity contribution is 6.16. The van der Waals surface area contributed by atoms with Crippen molar-refractivity contribution in [3.05, 3.63) is 83.4 Å². The van der Waals surface area contributed by atoms with Crippen molar-refractivity contribution >= 4 is 23.2 Å². The van der Waals surface area contributed by atoms with E-state index in [0.717, 1.165) is 12.1 Å². The Morgan fingerprint density at radius 2 is 1.76 bits per heavy atom. The molecule has 1 aliphatic rings. The zero-order valence-electron chi connectivity index (χ0n) is 14.8. The Labute approximate surface area is 163 Å². The molecule has 0 atom stereocenters. The number of amides is 2. The number of carbonyl (C=O) groups excluding carboxylic acids is 2. The van der Waals surface area contributed by atoms with Gasteiger partial charge in [0.2, 0.25) is 5.82 Å². The number of carbonyl (C=O) groups is 2. The number of benzene rings is 2. The van der Waals surface area contributed by atoms with E-state index in [0.29, 0.717) is 5.56 Å². The predicted octanol–water partition coefficient (Wildman–Crippen LogP) is 3.91. The van der Waals surface area contributed by atoms with Crippen LogP contribution in [-0.4, -0.2) is 21.8 Å². The fourth-order valence-electron chi connectivity index (χ4n) is 3.12. The van der Waals surface area contributed by atoms with Crippen molar-refractivity contribution in [1.29, 1.82) is 0 Å². The summed E-state index contributed by atoms with van der Waals surface area (Å²) in [6.45, 7) is 0.0982. The lowest BCUT2D eigenvalue weighted by Gasteiger charge is -2.17. The van der Waals surface area contributed by atoms with Gasteiger partial charge in [-0.1, -0.05) is 18.2 Å². The van der Waals surface area contributed by atoms with Crippen molar-refractivity contribution < 1.29 is 22.8 Å². The van der Waals surface area contributed by atoms with Crippen LogP contribution in [0.1, 0.15) is 32.1 Å². The third kappa shape index (κ3) is 3.54. The molecular formula is C20H13F3N4O2. The molecule has 9 heteroatoms. The molecule has 1 N–H and O–H groups in total. The zero-order chi connectivity index (χ0) is 20.6. The first-order valence-corrected chi connectivity index (χ1v) is 8.54. The molecule has 0 spiro atoms. The maximum absolute atomic E-state index is 13.0. The molecule has 0 fully saturated rings. The molecule has 2 heterocycles. The monoisotopic (exact) mass is 398 g/mol. The normalized spacial score (nSPS) is 13.3. The molecule has 0 aliphatic carbocycles. The van der Waals surface area contributed by atoms with Crippen LogP contribution in [0.4, 0.5) is 24.5 Å². The lowest BCUT2D eigenvalue weighted by molar-refractivity contribution is -0.137. The smallest absolute Gasteiger partial charge is 0.318 e. The van der Waals surface area contributed by atoms with E-state index < -0.39 is 23.6 Å². The molecule has 0 bridgehead atoms. The van der Waals surface area contributed by atoms with Crippen LogP contribution in [0, 0.1) is 0 Å². The summed E-state index contributed by atoms with van der Waals surface area (Å²) in [7, 11) is 0. The molecule has 4 rings (SSSR count). The highest BCUT2D eigenvalue weighted by Crippen LogP contribution is 2.36. The number of anilines is 2. The minimum Gasteiger partial charge on any atom is -0.318 e. The SMILES string of the molecule is O=C(Nc1cccc2c1C(=O)N(c1cccc(C(F)(F)F)c1)C2)c1ncccn1.